The van der Waals surface area contributed by atoms with Gasteiger partial charge >= 0.3 is 5.69 Å². The van der Waals surface area contributed by atoms with Crippen LogP contribution in [-0.4, -0.2) is 51.0 Å². The van der Waals surface area contributed by atoms with Crippen LogP contribution in [0.5, 0.6) is 0 Å². The molecule has 2 aromatic carbocycles. The Bertz CT molecular complexity index is 1700. The van der Waals surface area contributed by atoms with Crippen LogP contribution in [0.4, 0.5) is 15.9 Å². The number of benzene rings is 2. The molecule has 10 heteroatoms. The van der Waals surface area contributed by atoms with E-state index in [1.807, 2.05) is 37.8 Å². The number of carbonyl (C=O) groups is 1. The van der Waals surface area contributed by atoms with Crippen molar-refractivity contribution < 1.29 is 9.18 Å². The van der Waals surface area contributed by atoms with E-state index >= 15 is 0 Å². The maximum absolute atomic E-state index is 14.9. The molecular weight excluding hydrogens is 531 g/mol. The van der Waals surface area contributed by atoms with Gasteiger partial charge in [-0.1, -0.05) is 56.3 Å². The van der Waals surface area contributed by atoms with Crippen LogP contribution in [0, 0.1) is 5.82 Å². The highest BCUT2D eigenvalue weighted by atomic mass is 35.5. The van der Waals surface area contributed by atoms with Gasteiger partial charge in [0.2, 0.25) is 5.91 Å². The average Bonchev–Trinajstić information content (AvgIpc) is 2.93. The number of carbonyl (C=O) groups excluding carboxylic acids is 1. The van der Waals surface area contributed by atoms with Gasteiger partial charge in [-0.25, -0.2) is 18.7 Å². The van der Waals surface area contributed by atoms with Crippen molar-refractivity contribution in [1.29, 1.82) is 0 Å². The summed E-state index contributed by atoms with van der Waals surface area (Å²) in [5.41, 5.74) is 8.26. The number of amides is 1. The van der Waals surface area contributed by atoms with Crippen molar-refractivity contribution in [3.8, 4) is 16.9 Å². The molecule has 1 aliphatic heterocycles. The Morgan fingerprint density at radius 1 is 1.18 bits per heavy atom. The Morgan fingerprint density at radius 2 is 1.93 bits per heavy atom. The molecule has 2 N–H and O–H groups in total. The highest BCUT2D eigenvalue weighted by Gasteiger charge is 2.30. The molecule has 8 nitrogen and oxygen atoms in total. The van der Waals surface area contributed by atoms with Crippen molar-refractivity contribution in [1.82, 2.24) is 19.4 Å². The number of nitrogens with zero attached hydrogens (tertiary/aromatic N) is 5. The van der Waals surface area contributed by atoms with Crippen LogP contribution in [-0.2, 0) is 4.79 Å². The van der Waals surface area contributed by atoms with Gasteiger partial charge in [-0.15, -0.1) is 0 Å². The number of nitrogen functional groups attached to an aromatic ring is 1. The summed E-state index contributed by atoms with van der Waals surface area (Å²) in [6.07, 6.45) is 1.29. The van der Waals surface area contributed by atoms with Gasteiger partial charge in [0.05, 0.1) is 27.5 Å². The molecule has 0 unspecified atom stereocenters. The number of pyridine rings is 1. The SMILES string of the molecule is C=CC(=O)N1CCN(c2nc(=O)n(-c3c(N)cccc3C(C)C)c3nc(-c4ccccc4F)c(Cl)cc23)[C@@H](C)C1. The van der Waals surface area contributed by atoms with Crippen LogP contribution >= 0.6 is 11.6 Å². The van der Waals surface area contributed by atoms with Gasteiger partial charge in [0.25, 0.3) is 0 Å². The van der Waals surface area contributed by atoms with Gasteiger partial charge in [0.15, 0.2) is 5.65 Å². The molecule has 0 aliphatic carbocycles. The summed E-state index contributed by atoms with van der Waals surface area (Å²) in [4.78, 5) is 39.1. The lowest BCUT2D eigenvalue weighted by Crippen LogP contribution is -2.54. The number of fused-ring (bicyclic) bond motifs is 1. The van der Waals surface area contributed by atoms with E-state index in [0.29, 0.717) is 42.2 Å². The largest absolute Gasteiger partial charge is 0.397 e. The Balaban J connectivity index is 1.81. The van der Waals surface area contributed by atoms with Crippen molar-refractivity contribution in [2.75, 3.05) is 30.3 Å². The molecule has 0 saturated carbocycles. The van der Waals surface area contributed by atoms with Crippen LogP contribution in [0.15, 0.2) is 66.0 Å². The third kappa shape index (κ3) is 4.70. The second-order valence-electron chi connectivity index (χ2n) is 10.2. The Labute approximate surface area is 236 Å². The van der Waals surface area contributed by atoms with Gasteiger partial charge in [-0.05, 0) is 48.7 Å². The fourth-order valence-corrected chi connectivity index (χ4v) is 5.53. The number of nitrogens with two attached hydrogens (primary N) is 1. The summed E-state index contributed by atoms with van der Waals surface area (Å²) in [6, 6.07) is 13.2. The zero-order valence-electron chi connectivity index (χ0n) is 22.6. The molecule has 0 radical (unpaired) electrons. The number of piperazine rings is 1. The number of hydrogen-bond donors (Lipinski definition) is 1. The van der Waals surface area contributed by atoms with Crippen LogP contribution in [0.1, 0.15) is 32.3 Å². The number of aromatic nitrogens is 3. The quantitative estimate of drug-likeness (QED) is 0.267. The molecule has 2 aromatic heterocycles. The van der Waals surface area contributed by atoms with Gasteiger partial charge in [-0.2, -0.15) is 4.98 Å². The van der Waals surface area contributed by atoms with E-state index < -0.39 is 11.5 Å². The van der Waals surface area contributed by atoms with Crippen molar-refractivity contribution >= 4 is 40.0 Å². The second-order valence-corrected chi connectivity index (χ2v) is 10.6. The molecule has 40 heavy (non-hydrogen) atoms. The third-order valence-corrected chi connectivity index (χ3v) is 7.55. The number of para-hydroxylation sites is 1. The minimum absolute atomic E-state index is 0.0361. The summed E-state index contributed by atoms with van der Waals surface area (Å²) in [5.74, 6) is -0.212. The molecule has 5 rings (SSSR count). The highest BCUT2D eigenvalue weighted by molar-refractivity contribution is 6.33. The molecular formula is C30H30ClFN6O2. The van der Waals surface area contributed by atoms with Crippen LogP contribution in [0.2, 0.25) is 5.02 Å². The Morgan fingerprint density at radius 3 is 2.60 bits per heavy atom. The van der Waals surface area contributed by atoms with Crippen molar-refractivity contribution in [2.24, 2.45) is 0 Å². The molecule has 0 spiro atoms. The summed E-state index contributed by atoms with van der Waals surface area (Å²) in [6.45, 7) is 10.8. The van der Waals surface area contributed by atoms with E-state index in [1.165, 1.54) is 16.7 Å². The number of anilines is 2. The molecule has 1 fully saturated rings. The lowest BCUT2D eigenvalue weighted by Gasteiger charge is -2.40. The van der Waals surface area contributed by atoms with E-state index in [4.69, 9.17) is 22.3 Å². The van der Waals surface area contributed by atoms with Gasteiger partial charge < -0.3 is 15.5 Å². The Hall–Kier alpha value is -4.24. The van der Waals surface area contributed by atoms with E-state index in [1.54, 1.807) is 35.2 Å². The van der Waals surface area contributed by atoms with Crippen LogP contribution in [0.25, 0.3) is 28.0 Å². The van der Waals surface area contributed by atoms with E-state index in [0.717, 1.165) is 5.56 Å². The predicted molar refractivity (Wildman–Crippen MR) is 158 cm³/mol. The molecule has 3 heterocycles. The summed E-state index contributed by atoms with van der Waals surface area (Å²) >= 11 is 6.74. The molecule has 4 aromatic rings. The summed E-state index contributed by atoms with van der Waals surface area (Å²) in [7, 11) is 0. The lowest BCUT2D eigenvalue weighted by molar-refractivity contribution is -0.126. The molecule has 1 saturated heterocycles. The molecule has 1 amide bonds. The van der Waals surface area contributed by atoms with Crippen molar-refractivity contribution in [3.63, 3.8) is 0 Å². The fourth-order valence-electron chi connectivity index (χ4n) is 5.27. The highest BCUT2D eigenvalue weighted by Crippen LogP contribution is 2.37. The number of hydrogen-bond acceptors (Lipinski definition) is 6. The molecule has 1 atom stereocenters. The summed E-state index contributed by atoms with van der Waals surface area (Å²) < 4.78 is 16.3. The van der Waals surface area contributed by atoms with Gasteiger partial charge in [0.1, 0.15) is 11.6 Å². The first kappa shape index (κ1) is 27.3. The predicted octanol–water partition coefficient (Wildman–Crippen LogP) is 5.17. The average molecular weight is 561 g/mol. The van der Waals surface area contributed by atoms with E-state index in [-0.39, 0.29) is 39.8 Å². The monoisotopic (exact) mass is 560 g/mol. The topological polar surface area (TPSA) is 97.4 Å². The lowest BCUT2D eigenvalue weighted by atomic mass is 9.99. The second kappa shape index (κ2) is 10.7. The fraction of sp³-hybridized carbons (Fsp3) is 0.267. The van der Waals surface area contributed by atoms with Gasteiger partial charge in [0, 0.05) is 31.2 Å². The molecule has 0 bridgehead atoms. The van der Waals surface area contributed by atoms with E-state index in [2.05, 4.69) is 11.6 Å². The maximum atomic E-state index is 14.9. The zero-order valence-corrected chi connectivity index (χ0v) is 23.3. The summed E-state index contributed by atoms with van der Waals surface area (Å²) in [5, 5.41) is 0.724. The minimum Gasteiger partial charge on any atom is -0.397 e. The standard InChI is InChI=1S/C30H30ClFN6O2/c1-5-25(39)36-13-14-37(18(4)16-36)28-21-15-22(31)26(20-9-6-7-11-23(20)32)34-29(21)38(30(40)35-28)27-19(17(2)3)10-8-12-24(27)33/h5-12,15,17-18H,1,13-14,16,33H2,2-4H3/t18-/m0/s1. The van der Waals surface area contributed by atoms with E-state index in [9.17, 15) is 14.0 Å². The van der Waals surface area contributed by atoms with Gasteiger partial charge in [-0.3, -0.25) is 4.79 Å². The van der Waals surface area contributed by atoms with Crippen molar-refractivity contribution in [3.05, 3.63) is 88.1 Å². The smallest absolute Gasteiger partial charge is 0.355 e. The Kier molecular flexibility index (Phi) is 7.33. The first-order chi connectivity index (χ1) is 19.1. The molecule has 206 valence electrons. The van der Waals surface area contributed by atoms with Crippen LogP contribution in [0.3, 0.4) is 0 Å². The first-order valence-electron chi connectivity index (χ1n) is 13.1. The molecule has 1 aliphatic rings. The van der Waals surface area contributed by atoms with Crippen molar-refractivity contribution in [2.45, 2.75) is 32.7 Å². The normalized spacial score (nSPS) is 15.6. The first-order valence-corrected chi connectivity index (χ1v) is 13.4. The third-order valence-electron chi connectivity index (χ3n) is 7.26. The number of halogens is 2. The number of rotatable bonds is 5. The van der Waals surface area contributed by atoms with Crippen LogP contribution < -0.4 is 16.3 Å². The zero-order chi connectivity index (χ0) is 28.7. The maximum Gasteiger partial charge on any atom is 0.355 e. The minimum atomic E-state index is -0.576.